The van der Waals surface area contributed by atoms with Gasteiger partial charge in [0.15, 0.2) is 11.6 Å². The molecule has 0 unspecified atom stereocenters. The third-order valence-electron chi connectivity index (χ3n) is 5.28. The number of rotatable bonds is 3. The highest BCUT2D eigenvalue weighted by atomic mass is 16.2. The predicted octanol–water partition coefficient (Wildman–Crippen LogP) is 1.96. The second-order valence-electron chi connectivity index (χ2n) is 7.90. The predicted molar refractivity (Wildman–Crippen MR) is 115 cm³/mol. The normalized spacial score (nSPS) is 18.0. The minimum Gasteiger partial charge on any atom is -0.364 e. The van der Waals surface area contributed by atoms with E-state index in [-0.39, 0.29) is 11.6 Å². The van der Waals surface area contributed by atoms with Gasteiger partial charge >= 0.3 is 0 Å². The molecule has 1 saturated heterocycles. The average Bonchev–Trinajstić information content (AvgIpc) is 3.31. The number of aryl methyl sites for hydroxylation is 1. The number of hydrogen-bond donors (Lipinski definition) is 1. The largest absolute Gasteiger partial charge is 0.364 e. The molecule has 1 atom stereocenters. The molecule has 0 bridgehead atoms. The first-order chi connectivity index (χ1) is 14.7. The summed E-state index contributed by atoms with van der Waals surface area (Å²) in [6, 6.07) is 8.86. The summed E-state index contributed by atoms with van der Waals surface area (Å²) in [5.41, 5.74) is 7.26. The molecule has 0 aliphatic carbocycles. The van der Waals surface area contributed by atoms with Gasteiger partial charge in [0.25, 0.3) is 5.91 Å². The Kier molecular flexibility index (Phi) is 5.03. The Balaban J connectivity index is 1.73. The van der Waals surface area contributed by atoms with Crippen LogP contribution >= 0.6 is 0 Å². The molecule has 1 aliphatic heterocycles. The molecule has 0 spiro atoms. The number of aromatic nitrogens is 4. The van der Waals surface area contributed by atoms with Crippen LogP contribution in [0.3, 0.4) is 0 Å². The summed E-state index contributed by atoms with van der Waals surface area (Å²) in [5, 5.41) is 4.25. The molecule has 1 aliphatic rings. The number of nitrogens with two attached hydrogens (primary N) is 1. The molecule has 1 fully saturated rings. The van der Waals surface area contributed by atoms with Gasteiger partial charge < -0.3 is 10.6 Å². The van der Waals surface area contributed by atoms with Crippen LogP contribution in [0.4, 0.5) is 0 Å². The Morgan fingerprint density at radius 3 is 2.71 bits per heavy atom. The Bertz CT molecular complexity index is 1250. The minimum atomic E-state index is -0.682. The molecule has 3 aromatic rings. The molecule has 2 N–H and O–H groups in total. The van der Waals surface area contributed by atoms with E-state index in [9.17, 15) is 9.59 Å². The molecule has 4 rings (SSSR count). The number of carbonyl (C=O) groups excluding carboxylic acids is 2. The smallest absolute Gasteiger partial charge is 0.267 e. The standard InChI is InChI=1S/C23H22N6O2/c1-15-13-25-29(14-15)19-12-18(20(24)30)26-21(27-19)17-6-4-5-16(11-17)7-8-23(2)9-10-28(3)22(23)31/h4-6,11-14H,9-10H2,1-3H3,(H2,24,30)/t23-/m1/s1. The van der Waals surface area contributed by atoms with Crippen molar-refractivity contribution in [3.8, 4) is 29.0 Å². The van der Waals surface area contributed by atoms with Crippen LogP contribution in [-0.4, -0.2) is 50.1 Å². The lowest BCUT2D eigenvalue weighted by Crippen LogP contribution is -2.28. The first-order valence-corrected chi connectivity index (χ1v) is 9.85. The van der Waals surface area contributed by atoms with Gasteiger partial charge in [0.2, 0.25) is 5.91 Å². The quantitative estimate of drug-likeness (QED) is 0.659. The molecule has 3 heterocycles. The molecule has 0 radical (unpaired) electrons. The van der Waals surface area contributed by atoms with E-state index >= 15 is 0 Å². The molecule has 156 valence electrons. The molecule has 2 amide bonds. The molecule has 0 saturated carbocycles. The highest BCUT2D eigenvalue weighted by molar-refractivity contribution is 5.91. The van der Waals surface area contributed by atoms with Crippen LogP contribution in [0.2, 0.25) is 0 Å². The first kappa shape index (κ1) is 20.3. The zero-order valence-corrected chi connectivity index (χ0v) is 17.6. The van der Waals surface area contributed by atoms with Gasteiger partial charge in [0.1, 0.15) is 11.1 Å². The van der Waals surface area contributed by atoms with Crippen LogP contribution in [0, 0.1) is 24.2 Å². The van der Waals surface area contributed by atoms with E-state index in [4.69, 9.17) is 5.73 Å². The SMILES string of the molecule is Cc1cnn(-c2cc(C(N)=O)nc(-c3cccc(C#C[C@]4(C)CCN(C)C4=O)c3)n2)c1. The van der Waals surface area contributed by atoms with Gasteiger partial charge in [-0.2, -0.15) is 5.10 Å². The van der Waals surface area contributed by atoms with Crippen molar-refractivity contribution in [2.75, 3.05) is 13.6 Å². The van der Waals surface area contributed by atoms with Gasteiger partial charge in [-0.3, -0.25) is 9.59 Å². The molecule has 1 aromatic carbocycles. The minimum absolute atomic E-state index is 0.0350. The third-order valence-corrected chi connectivity index (χ3v) is 5.28. The van der Waals surface area contributed by atoms with Gasteiger partial charge in [-0.15, -0.1) is 0 Å². The summed E-state index contributed by atoms with van der Waals surface area (Å²) in [4.78, 5) is 34.8. The fourth-order valence-electron chi connectivity index (χ4n) is 3.43. The summed E-state index contributed by atoms with van der Waals surface area (Å²) in [7, 11) is 1.79. The van der Waals surface area contributed by atoms with Crippen LogP contribution in [0.15, 0.2) is 42.7 Å². The van der Waals surface area contributed by atoms with E-state index in [0.717, 1.165) is 11.1 Å². The van der Waals surface area contributed by atoms with Gasteiger partial charge in [0, 0.05) is 37.0 Å². The Morgan fingerprint density at radius 1 is 1.26 bits per heavy atom. The summed E-state index contributed by atoms with van der Waals surface area (Å²) in [6.07, 6.45) is 4.20. The van der Waals surface area contributed by atoms with Crippen molar-refractivity contribution in [3.63, 3.8) is 0 Å². The van der Waals surface area contributed by atoms with Crippen molar-refractivity contribution < 1.29 is 9.59 Å². The maximum Gasteiger partial charge on any atom is 0.267 e. The van der Waals surface area contributed by atoms with Crippen molar-refractivity contribution in [3.05, 3.63) is 59.5 Å². The zero-order chi connectivity index (χ0) is 22.2. The number of nitrogens with zero attached hydrogens (tertiary/aromatic N) is 5. The van der Waals surface area contributed by atoms with E-state index in [2.05, 4.69) is 26.9 Å². The van der Waals surface area contributed by atoms with Crippen molar-refractivity contribution in [1.82, 2.24) is 24.6 Å². The Hall–Kier alpha value is -3.99. The lowest BCUT2D eigenvalue weighted by Gasteiger charge is -2.14. The first-order valence-electron chi connectivity index (χ1n) is 9.85. The second kappa shape index (κ2) is 7.69. The third kappa shape index (κ3) is 4.03. The lowest BCUT2D eigenvalue weighted by molar-refractivity contribution is -0.131. The van der Waals surface area contributed by atoms with Crippen LogP contribution in [0.5, 0.6) is 0 Å². The summed E-state index contributed by atoms with van der Waals surface area (Å²) in [6.45, 7) is 4.48. The van der Waals surface area contributed by atoms with Crippen molar-refractivity contribution in [1.29, 1.82) is 0 Å². The second-order valence-corrected chi connectivity index (χ2v) is 7.90. The van der Waals surface area contributed by atoms with Gasteiger partial charge in [0.05, 0.1) is 6.20 Å². The van der Waals surface area contributed by atoms with Crippen LogP contribution in [0.1, 0.15) is 35.0 Å². The molecule has 8 nitrogen and oxygen atoms in total. The number of carbonyl (C=O) groups is 2. The van der Waals surface area contributed by atoms with Gasteiger partial charge in [-0.25, -0.2) is 14.6 Å². The summed E-state index contributed by atoms with van der Waals surface area (Å²) in [5.74, 6) is 6.41. The Morgan fingerprint density at radius 2 is 2.06 bits per heavy atom. The van der Waals surface area contributed by atoms with Crippen molar-refractivity contribution in [2.45, 2.75) is 20.3 Å². The topological polar surface area (TPSA) is 107 Å². The van der Waals surface area contributed by atoms with Crippen LogP contribution < -0.4 is 5.73 Å². The highest BCUT2D eigenvalue weighted by Crippen LogP contribution is 2.29. The van der Waals surface area contributed by atoms with Gasteiger partial charge in [-0.1, -0.05) is 24.0 Å². The molecule has 8 heteroatoms. The van der Waals surface area contributed by atoms with Gasteiger partial charge in [-0.05, 0) is 38.0 Å². The van der Waals surface area contributed by atoms with Crippen LogP contribution in [-0.2, 0) is 4.79 Å². The lowest BCUT2D eigenvalue weighted by atomic mass is 9.89. The summed E-state index contributed by atoms with van der Waals surface area (Å²) < 4.78 is 1.57. The van der Waals surface area contributed by atoms with Crippen molar-refractivity contribution >= 4 is 11.8 Å². The van der Waals surface area contributed by atoms with E-state index in [1.54, 1.807) is 29.0 Å². The average molecular weight is 414 g/mol. The Labute approximate surface area is 180 Å². The fourth-order valence-corrected chi connectivity index (χ4v) is 3.43. The van der Waals surface area contributed by atoms with E-state index in [1.165, 1.54) is 6.07 Å². The number of amides is 2. The number of likely N-dealkylation sites (tertiary alicyclic amines) is 1. The number of benzene rings is 1. The van der Waals surface area contributed by atoms with E-state index in [0.29, 0.717) is 30.2 Å². The van der Waals surface area contributed by atoms with Crippen LogP contribution in [0.25, 0.3) is 17.2 Å². The number of hydrogen-bond acceptors (Lipinski definition) is 5. The van der Waals surface area contributed by atoms with E-state index < -0.39 is 11.3 Å². The highest BCUT2D eigenvalue weighted by Gasteiger charge is 2.39. The van der Waals surface area contributed by atoms with E-state index in [1.807, 2.05) is 38.1 Å². The monoisotopic (exact) mass is 414 g/mol. The van der Waals surface area contributed by atoms with Crippen molar-refractivity contribution in [2.24, 2.45) is 11.1 Å². The summed E-state index contributed by atoms with van der Waals surface area (Å²) >= 11 is 0. The zero-order valence-electron chi connectivity index (χ0n) is 17.6. The molecular formula is C23H22N6O2. The maximum absolute atomic E-state index is 12.4. The number of primary amides is 1. The molecule has 2 aromatic heterocycles. The molecule has 31 heavy (non-hydrogen) atoms. The molecular weight excluding hydrogens is 392 g/mol. The fraction of sp³-hybridized carbons (Fsp3) is 0.261. The maximum atomic E-state index is 12.4.